The molecule has 2 rings (SSSR count). The highest BCUT2D eigenvalue weighted by molar-refractivity contribution is 6.66. The van der Waals surface area contributed by atoms with Crippen molar-refractivity contribution in [3.63, 3.8) is 0 Å². The van der Waals surface area contributed by atoms with Gasteiger partial charge in [-0.15, -0.1) is 10.9 Å². The van der Waals surface area contributed by atoms with Crippen LogP contribution < -0.4 is 27.6 Å². The van der Waals surface area contributed by atoms with Gasteiger partial charge in [0.25, 0.3) is 0 Å². The molecule has 1 aliphatic carbocycles. The second-order valence-corrected chi connectivity index (χ2v) is 9.63. The molecule has 2 atom stereocenters. The first-order chi connectivity index (χ1) is 11.0. The second-order valence-electron chi connectivity index (χ2n) is 9.25. The smallest absolute Gasteiger partial charge is 0.178 e. The number of halogens is 1. The number of carbonyl (C=O) groups excluding carboxylic acids is 1. The topological polar surface area (TPSA) is 63.3 Å². The van der Waals surface area contributed by atoms with Crippen molar-refractivity contribution in [2.75, 3.05) is 0 Å². The Morgan fingerprint density at radius 1 is 0.920 bits per heavy atom. The lowest BCUT2D eigenvalue weighted by atomic mass is 9.19. The standard InChI is InChI=1S/C12H23B9ClNO2/c13-3-2(7(22)6(16)5(15)4(3)14)9(23)1-10(17,18)12(20,21)11(19,25)8(9)24/h25H,1,13-21,23H2. The van der Waals surface area contributed by atoms with E-state index in [0.29, 0.717) is 17.0 Å². The number of aliphatic hydroxyl groups is 1. The highest BCUT2D eigenvalue weighted by Gasteiger charge is 2.64. The number of nitrogens with two attached hydrogens (primary N) is 1. The molecule has 1 aliphatic rings. The maximum absolute atomic E-state index is 13.5. The number of carbonyl (C=O) groups is 1. The molecule has 0 spiro atoms. The van der Waals surface area contributed by atoms with Crippen LogP contribution in [0.1, 0.15) is 12.0 Å². The third-order valence-electron chi connectivity index (χ3n) is 7.53. The number of ketones is 1. The molecule has 1 fully saturated rings. The number of Topliss-reactive ketones (excluding diaryl/α,β-unsaturated/α-hetero) is 1. The van der Waals surface area contributed by atoms with Crippen molar-refractivity contribution < 1.29 is 9.90 Å². The summed E-state index contributed by atoms with van der Waals surface area (Å²) in [4.78, 5) is 13.5. The minimum Gasteiger partial charge on any atom is -0.392 e. The third-order valence-corrected chi connectivity index (χ3v) is 8.01. The van der Waals surface area contributed by atoms with Crippen molar-refractivity contribution >= 4 is 110 Å². The Bertz CT molecular complexity index is 753. The minimum absolute atomic E-state index is 0.350. The summed E-state index contributed by atoms with van der Waals surface area (Å²) in [5, 5.41) is 10.8. The molecule has 0 aliphatic heterocycles. The van der Waals surface area contributed by atoms with Gasteiger partial charge in [0, 0.05) is 5.02 Å². The van der Waals surface area contributed by atoms with Gasteiger partial charge in [-0.3, -0.25) is 4.79 Å². The molecule has 13 heteroatoms. The molecule has 1 aromatic carbocycles. The van der Waals surface area contributed by atoms with E-state index in [4.69, 9.17) is 17.3 Å². The first-order valence-electron chi connectivity index (χ1n) is 8.86. The van der Waals surface area contributed by atoms with Crippen molar-refractivity contribution in [2.45, 2.75) is 27.9 Å². The van der Waals surface area contributed by atoms with Crippen LogP contribution in [0.5, 0.6) is 0 Å². The van der Waals surface area contributed by atoms with Gasteiger partial charge in [0.05, 0.1) is 21.2 Å². The third kappa shape index (κ3) is 2.58. The van der Waals surface area contributed by atoms with Crippen LogP contribution in [0.15, 0.2) is 0 Å². The maximum Gasteiger partial charge on any atom is 0.178 e. The molecule has 3 N–H and O–H groups in total. The molecule has 0 amide bonds. The van der Waals surface area contributed by atoms with Crippen LogP contribution in [0.3, 0.4) is 0 Å². The van der Waals surface area contributed by atoms with E-state index in [2.05, 4.69) is 15.7 Å². The highest BCUT2D eigenvalue weighted by atomic mass is 35.5. The molecule has 0 saturated heterocycles. The van der Waals surface area contributed by atoms with E-state index in [-0.39, 0.29) is 11.0 Å². The van der Waals surface area contributed by atoms with Crippen molar-refractivity contribution in [1.82, 2.24) is 0 Å². The summed E-state index contributed by atoms with van der Waals surface area (Å²) in [6.45, 7) is 0. The quantitative estimate of drug-likeness (QED) is 0.497. The zero-order valence-corrected chi connectivity index (χ0v) is 17.8. The number of hydrogen-bond acceptors (Lipinski definition) is 3. The van der Waals surface area contributed by atoms with Gasteiger partial charge in [0.2, 0.25) is 0 Å². The Balaban J connectivity index is 2.87. The van der Waals surface area contributed by atoms with Gasteiger partial charge < -0.3 is 10.8 Å². The van der Waals surface area contributed by atoms with E-state index in [1.165, 1.54) is 0 Å². The van der Waals surface area contributed by atoms with Crippen LogP contribution in [0.2, 0.25) is 15.5 Å². The zero-order chi connectivity index (χ0) is 19.7. The fraction of sp³-hybridized carbons (Fsp3) is 0.417. The fourth-order valence-corrected chi connectivity index (χ4v) is 4.83. The van der Waals surface area contributed by atoms with Crippen LogP contribution in [0, 0.1) is 0 Å². The molecular weight excluding hydrogens is 323 g/mol. The van der Waals surface area contributed by atoms with Gasteiger partial charge in [0.1, 0.15) is 52.6 Å². The lowest BCUT2D eigenvalue weighted by molar-refractivity contribution is -0.141. The Hall–Kier alpha value is -0.316. The van der Waals surface area contributed by atoms with Crippen LogP contribution >= 0.6 is 11.6 Å². The van der Waals surface area contributed by atoms with E-state index in [1.807, 2.05) is 47.1 Å². The average molecular weight is 346 g/mol. The summed E-state index contributed by atoms with van der Waals surface area (Å²) in [6, 6.07) is 0. The number of hydrogen-bond donors (Lipinski definition) is 2. The van der Waals surface area contributed by atoms with Crippen molar-refractivity contribution in [2.24, 2.45) is 5.73 Å². The summed E-state index contributed by atoms with van der Waals surface area (Å²) >= 11 is 6.71. The lowest BCUT2D eigenvalue weighted by Crippen LogP contribution is -2.71. The Morgan fingerprint density at radius 2 is 1.36 bits per heavy atom. The van der Waals surface area contributed by atoms with E-state index in [1.54, 1.807) is 7.85 Å². The molecule has 0 aromatic heterocycles. The summed E-state index contributed by atoms with van der Waals surface area (Å²) < 4.78 is 0. The van der Waals surface area contributed by atoms with Gasteiger partial charge in [-0.25, -0.2) is 0 Å². The second kappa shape index (κ2) is 5.84. The van der Waals surface area contributed by atoms with Crippen LogP contribution in [0.4, 0.5) is 0 Å². The molecule has 1 saturated carbocycles. The van der Waals surface area contributed by atoms with Gasteiger partial charge in [-0.1, -0.05) is 33.0 Å². The molecular formula is C12H23B9ClNO2. The molecule has 1 aromatic rings. The molecule has 2 unspecified atom stereocenters. The van der Waals surface area contributed by atoms with Gasteiger partial charge in [0.15, 0.2) is 13.6 Å². The summed E-state index contributed by atoms with van der Waals surface area (Å²) in [5.41, 5.74) is 8.69. The van der Waals surface area contributed by atoms with Crippen LogP contribution in [-0.2, 0) is 10.3 Å². The molecule has 122 valence electrons. The first-order valence-corrected chi connectivity index (χ1v) is 9.24. The van der Waals surface area contributed by atoms with Crippen molar-refractivity contribution in [1.29, 1.82) is 0 Å². The molecule has 0 radical (unpaired) electrons. The lowest BCUT2D eigenvalue weighted by Gasteiger charge is -2.60. The number of benzene rings is 1. The van der Waals surface area contributed by atoms with E-state index >= 15 is 0 Å². The van der Waals surface area contributed by atoms with E-state index in [0.717, 1.165) is 21.9 Å². The van der Waals surface area contributed by atoms with E-state index < -0.39 is 16.3 Å². The Morgan fingerprint density at radius 3 is 1.84 bits per heavy atom. The maximum atomic E-state index is 13.5. The SMILES string of the molecule is Bc1c(B)c(B)c(C2(N)CC(B)(B)C(B)(B)C(B)(O)C2=O)c(Cl)c1B. The fourth-order valence-electron chi connectivity index (χ4n) is 4.37. The molecule has 0 heterocycles. The minimum atomic E-state index is -1.55. The highest BCUT2D eigenvalue weighted by Crippen LogP contribution is 2.59. The number of rotatable bonds is 1. The molecule has 0 bridgehead atoms. The Kier molecular flexibility index (Phi) is 4.90. The monoisotopic (exact) mass is 347 g/mol. The van der Waals surface area contributed by atoms with Gasteiger partial charge in [-0.2, -0.15) is 0 Å². The average Bonchev–Trinajstić information content (AvgIpc) is 2.48. The normalized spacial score (nSPS) is 30.9. The van der Waals surface area contributed by atoms with Gasteiger partial charge in [-0.05, 0) is 12.0 Å². The molecule has 25 heavy (non-hydrogen) atoms. The summed E-state index contributed by atoms with van der Waals surface area (Å²) in [5.74, 6) is -0.350. The van der Waals surface area contributed by atoms with E-state index in [9.17, 15) is 9.90 Å². The summed E-state index contributed by atoms with van der Waals surface area (Å²) in [6.07, 6.45) is 0.435. The predicted molar refractivity (Wildman–Crippen MR) is 133 cm³/mol. The Labute approximate surface area is 164 Å². The summed E-state index contributed by atoms with van der Waals surface area (Å²) in [7, 11) is 17.6. The van der Waals surface area contributed by atoms with Gasteiger partial charge >= 0.3 is 0 Å². The van der Waals surface area contributed by atoms with Crippen LogP contribution in [-0.4, -0.2) is 87.0 Å². The molecule has 3 nitrogen and oxygen atoms in total. The van der Waals surface area contributed by atoms with Crippen molar-refractivity contribution in [3.05, 3.63) is 10.6 Å². The zero-order valence-electron chi connectivity index (χ0n) is 17.0. The first kappa shape index (κ1) is 21.0. The van der Waals surface area contributed by atoms with Crippen molar-refractivity contribution in [3.8, 4) is 0 Å². The van der Waals surface area contributed by atoms with Crippen LogP contribution in [0.25, 0.3) is 0 Å². The predicted octanol–water partition coefficient (Wildman–Crippen LogP) is -10.4. The largest absolute Gasteiger partial charge is 0.392 e.